The first kappa shape index (κ1) is 28.8. The van der Waals surface area contributed by atoms with Gasteiger partial charge in [0, 0.05) is 68.4 Å². The Labute approximate surface area is 237 Å². The van der Waals surface area contributed by atoms with Crippen LogP contribution in [-0.4, -0.2) is 85.6 Å². The van der Waals surface area contributed by atoms with E-state index in [4.69, 9.17) is 9.97 Å². The summed E-state index contributed by atoms with van der Waals surface area (Å²) >= 11 is 1.62. The second-order valence-corrected chi connectivity index (χ2v) is 11.1. The average molecular weight is 545 g/mol. The Morgan fingerprint density at radius 1 is 1.03 bits per heavy atom. The molecule has 1 fully saturated rings. The van der Waals surface area contributed by atoms with Crippen LogP contribution >= 0.6 is 11.8 Å². The number of likely N-dealkylation sites (N-methyl/N-ethyl adjacent to an activating group) is 1. The summed E-state index contributed by atoms with van der Waals surface area (Å²) in [6, 6.07) is 18.3. The fourth-order valence-electron chi connectivity index (χ4n) is 4.45. The van der Waals surface area contributed by atoms with E-state index in [2.05, 4.69) is 76.3 Å². The molecule has 3 aromatic rings. The molecule has 1 saturated heterocycles. The first-order valence-electron chi connectivity index (χ1n) is 13.6. The summed E-state index contributed by atoms with van der Waals surface area (Å²) in [4.78, 5) is 29.2. The van der Waals surface area contributed by atoms with Gasteiger partial charge in [-0.3, -0.25) is 9.69 Å². The molecule has 8 heteroatoms. The maximum absolute atomic E-state index is 12.5. The van der Waals surface area contributed by atoms with E-state index >= 15 is 0 Å². The SMILES string of the molecule is Cc1nc(SCc2cccc(C(=O)NCCN(C)C)c2)nc(N2CCN(CC=Cc3ccccc3)CC2)c1C. The Balaban J connectivity index is 1.32. The lowest BCUT2D eigenvalue weighted by atomic mass is 10.1. The van der Waals surface area contributed by atoms with Gasteiger partial charge in [0.25, 0.3) is 5.91 Å². The predicted molar refractivity (Wildman–Crippen MR) is 163 cm³/mol. The average Bonchev–Trinajstić information content (AvgIpc) is 2.94. The summed E-state index contributed by atoms with van der Waals surface area (Å²) in [5.74, 6) is 1.71. The molecule has 2 heterocycles. The Morgan fingerprint density at radius 3 is 2.54 bits per heavy atom. The fraction of sp³-hybridized carbons (Fsp3) is 0.387. The van der Waals surface area contributed by atoms with Gasteiger partial charge in [-0.05, 0) is 51.2 Å². The third kappa shape index (κ3) is 8.65. The van der Waals surface area contributed by atoms with E-state index in [0.29, 0.717) is 17.9 Å². The number of hydrogen-bond acceptors (Lipinski definition) is 7. The van der Waals surface area contributed by atoms with E-state index in [1.807, 2.05) is 38.4 Å². The quantitative estimate of drug-likeness (QED) is 0.281. The van der Waals surface area contributed by atoms with Gasteiger partial charge in [-0.15, -0.1) is 0 Å². The van der Waals surface area contributed by atoms with Gasteiger partial charge in [-0.2, -0.15) is 0 Å². The minimum Gasteiger partial charge on any atom is -0.354 e. The van der Waals surface area contributed by atoms with Gasteiger partial charge in [0.05, 0.1) is 0 Å². The van der Waals surface area contributed by atoms with Crippen molar-refractivity contribution in [2.45, 2.75) is 24.8 Å². The molecule has 4 rings (SSSR count). The van der Waals surface area contributed by atoms with Crippen LogP contribution in [0.2, 0.25) is 0 Å². The van der Waals surface area contributed by atoms with Crippen molar-refractivity contribution in [2.24, 2.45) is 0 Å². The summed E-state index contributed by atoms with van der Waals surface area (Å²) in [7, 11) is 3.99. The van der Waals surface area contributed by atoms with Crippen LogP contribution in [0.15, 0.2) is 65.8 Å². The number of hydrogen-bond donors (Lipinski definition) is 1. The number of anilines is 1. The molecule has 0 saturated carbocycles. The maximum atomic E-state index is 12.5. The molecule has 1 amide bonds. The number of thioether (sulfide) groups is 1. The van der Waals surface area contributed by atoms with E-state index in [-0.39, 0.29) is 5.91 Å². The zero-order valence-corrected chi connectivity index (χ0v) is 24.4. The van der Waals surface area contributed by atoms with Crippen molar-refractivity contribution < 1.29 is 4.79 Å². The molecular weight excluding hydrogens is 504 g/mol. The van der Waals surface area contributed by atoms with Crippen molar-refractivity contribution in [1.82, 2.24) is 25.1 Å². The highest BCUT2D eigenvalue weighted by Gasteiger charge is 2.21. The van der Waals surface area contributed by atoms with Crippen molar-refractivity contribution in [1.29, 1.82) is 0 Å². The Kier molecular flexibility index (Phi) is 10.5. The van der Waals surface area contributed by atoms with Crippen LogP contribution in [0.3, 0.4) is 0 Å². The monoisotopic (exact) mass is 544 g/mol. The Bertz CT molecular complexity index is 1260. The second-order valence-electron chi connectivity index (χ2n) is 10.2. The highest BCUT2D eigenvalue weighted by Crippen LogP contribution is 2.27. The van der Waals surface area contributed by atoms with E-state index in [1.165, 1.54) is 5.56 Å². The van der Waals surface area contributed by atoms with Crippen LogP contribution in [0.25, 0.3) is 6.08 Å². The smallest absolute Gasteiger partial charge is 0.251 e. The molecular formula is C31H40N6OS. The molecule has 0 atom stereocenters. The summed E-state index contributed by atoms with van der Waals surface area (Å²) in [5, 5.41) is 3.77. The van der Waals surface area contributed by atoms with Crippen molar-refractivity contribution in [3.63, 3.8) is 0 Å². The minimum atomic E-state index is -0.0388. The molecule has 206 valence electrons. The minimum absolute atomic E-state index is 0.0388. The molecule has 0 unspecified atom stereocenters. The van der Waals surface area contributed by atoms with E-state index in [9.17, 15) is 4.79 Å². The largest absolute Gasteiger partial charge is 0.354 e. The number of amides is 1. The molecule has 1 aromatic heterocycles. The van der Waals surface area contributed by atoms with Crippen LogP contribution in [0, 0.1) is 13.8 Å². The van der Waals surface area contributed by atoms with Gasteiger partial charge in [0.2, 0.25) is 0 Å². The highest BCUT2D eigenvalue weighted by molar-refractivity contribution is 7.98. The predicted octanol–water partition coefficient (Wildman–Crippen LogP) is 4.51. The first-order valence-corrected chi connectivity index (χ1v) is 14.6. The van der Waals surface area contributed by atoms with E-state index in [0.717, 1.165) is 67.1 Å². The molecule has 2 aromatic carbocycles. The summed E-state index contributed by atoms with van der Waals surface area (Å²) in [6.07, 6.45) is 4.45. The van der Waals surface area contributed by atoms with Gasteiger partial charge in [-0.1, -0.05) is 66.4 Å². The van der Waals surface area contributed by atoms with Gasteiger partial charge in [0.15, 0.2) is 5.16 Å². The van der Waals surface area contributed by atoms with Crippen LogP contribution < -0.4 is 10.2 Å². The van der Waals surface area contributed by atoms with Crippen molar-refractivity contribution in [3.05, 3.63) is 88.6 Å². The van der Waals surface area contributed by atoms with Gasteiger partial charge in [-0.25, -0.2) is 9.97 Å². The van der Waals surface area contributed by atoms with E-state index < -0.39 is 0 Å². The number of carbonyl (C=O) groups is 1. The Morgan fingerprint density at radius 2 is 1.79 bits per heavy atom. The zero-order chi connectivity index (χ0) is 27.6. The second kappa shape index (κ2) is 14.3. The number of piperazine rings is 1. The van der Waals surface area contributed by atoms with Crippen LogP contribution in [0.4, 0.5) is 5.82 Å². The molecule has 0 spiro atoms. The summed E-state index contributed by atoms with van der Waals surface area (Å²) in [6.45, 7) is 10.5. The number of aryl methyl sites for hydroxylation is 1. The molecule has 0 radical (unpaired) electrons. The molecule has 1 aliphatic rings. The van der Waals surface area contributed by atoms with Crippen molar-refractivity contribution >= 4 is 29.6 Å². The number of nitrogens with zero attached hydrogens (tertiary/aromatic N) is 5. The van der Waals surface area contributed by atoms with Crippen LogP contribution in [0.1, 0.15) is 32.7 Å². The van der Waals surface area contributed by atoms with Crippen LogP contribution in [-0.2, 0) is 5.75 Å². The number of nitrogens with one attached hydrogen (secondary N) is 1. The third-order valence-electron chi connectivity index (χ3n) is 6.89. The summed E-state index contributed by atoms with van der Waals surface area (Å²) < 4.78 is 0. The molecule has 1 N–H and O–H groups in total. The molecule has 1 aliphatic heterocycles. The standard InChI is InChI=1S/C31H40N6OS/c1-24-25(2)33-31(39-23-27-12-8-14-28(22-27)30(38)32-15-17-35(3)4)34-29(24)37-20-18-36(19-21-37)16-9-13-26-10-6-5-7-11-26/h5-14,22H,15-21,23H2,1-4H3,(H,32,38). The topological polar surface area (TPSA) is 64.6 Å². The molecule has 0 aliphatic carbocycles. The van der Waals surface area contributed by atoms with Crippen molar-refractivity contribution in [3.8, 4) is 0 Å². The van der Waals surface area contributed by atoms with E-state index in [1.54, 1.807) is 11.8 Å². The lowest BCUT2D eigenvalue weighted by Gasteiger charge is -2.35. The number of carbonyl (C=O) groups excluding carboxylic acids is 1. The fourth-order valence-corrected chi connectivity index (χ4v) is 5.28. The van der Waals surface area contributed by atoms with Gasteiger partial charge < -0.3 is 15.1 Å². The maximum Gasteiger partial charge on any atom is 0.251 e. The number of aromatic nitrogens is 2. The third-order valence-corrected chi connectivity index (χ3v) is 7.81. The number of rotatable bonds is 11. The van der Waals surface area contributed by atoms with Crippen molar-refractivity contribution in [2.75, 3.05) is 64.8 Å². The lowest BCUT2D eigenvalue weighted by Crippen LogP contribution is -2.47. The number of benzene rings is 2. The summed E-state index contributed by atoms with van der Waals surface area (Å²) in [5.41, 5.74) is 5.17. The first-order chi connectivity index (χ1) is 18.9. The lowest BCUT2D eigenvalue weighted by molar-refractivity contribution is 0.0951. The highest BCUT2D eigenvalue weighted by atomic mass is 32.2. The molecule has 0 bridgehead atoms. The zero-order valence-electron chi connectivity index (χ0n) is 23.6. The normalized spacial score (nSPS) is 14.3. The van der Waals surface area contributed by atoms with Gasteiger partial charge >= 0.3 is 0 Å². The molecule has 7 nitrogen and oxygen atoms in total. The molecule has 39 heavy (non-hydrogen) atoms. The Hall–Kier alpha value is -3.20. The van der Waals surface area contributed by atoms with Crippen LogP contribution in [0.5, 0.6) is 0 Å². The van der Waals surface area contributed by atoms with Gasteiger partial charge in [0.1, 0.15) is 5.82 Å².